The number of Topliss-reactive ketones (excluding diaryl/α,β-unsaturated/α-hetero) is 1. The Hall–Kier alpha value is -1.29. The van der Waals surface area contributed by atoms with Gasteiger partial charge in [0.25, 0.3) is 0 Å². The Balaban J connectivity index is 1.95. The molecule has 0 saturated heterocycles. The molecule has 3 aromatic rings. The fraction of sp³-hybridized carbons (Fsp3) is 0.133. The van der Waals surface area contributed by atoms with Crippen LogP contribution in [-0.4, -0.2) is 10.4 Å². The lowest BCUT2D eigenvalue weighted by Crippen LogP contribution is -2.09. The van der Waals surface area contributed by atoms with E-state index in [0.29, 0.717) is 14.2 Å². The third kappa shape index (κ3) is 2.49. The normalized spacial score (nSPS) is 11.2. The zero-order valence-electron chi connectivity index (χ0n) is 10.7. The van der Waals surface area contributed by atoms with E-state index in [1.54, 1.807) is 6.07 Å². The van der Waals surface area contributed by atoms with Crippen LogP contribution in [0.25, 0.3) is 10.9 Å². The summed E-state index contributed by atoms with van der Waals surface area (Å²) >= 11 is 13.1. The van der Waals surface area contributed by atoms with Gasteiger partial charge in [-0.3, -0.25) is 4.79 Å². The second-order valence-electron chi connectivity index (χ2n) is 4.67. The molecular formula is C15H11Cl2NOS. The van der Waals surface area contributed by atoms with Crippen molar-refractivity contribution in [1.29, 1.82) is 0 Å². The maximum absolute atomic E-state index is 12.3. The number of hydrogen-bond donors (Lipinski definition) is 0. The Morgan fingerprint density at radius 3 is 2.75 bits per heavy atom. The van der Waals surface area contributed by atoms with Crippen LogP contribution < -0.4 is 0 Å². The Morgan fingerprint density at radius 2 is 2.05 bits per heavy atom. The number of hydrogen-bond acceptors (Lipinski definition) is 2. The van der Waals surface area contributed by atoms with Gasteiger partial charge < -0.3 is 4.57 Å². The first-order chi connectivity index (χ1) is 9.54. The first-order valence-corrected chi connectivity index (χ1v) is 7.65. The number of benzene rings is 1. The number of fused-ring (bicyclic) bond motifs is 1. The molecule has 0 N–H and O–H groups in total. The van der Waals surface area contributed by atoms with E-state index in [4.69, 9.17) is 23.2 Å². The zero-order valence-corrected chi connectivity index (χ0v) is 13.0. The molecule has 0 spiro atoms. The molecule has 0 aliphatic rings. The highest BCUT2D eigenvalue weighted by atomic mass is 35.5. The molecule has 2 aromatic heterocycles. The van der Waals surface area contributed by atoms with E-state index < -0.39 is 0 Å². The summed E-state index contributed by atoms with van der Waals surface area (Å²) in [7, 11) is 0. The van der Waals surface area contributed by atoms with Crippen LogP contribution in [0.1, 0.15) is 15.9 Å². The van der Waals surface area contributed by atoms with E-state index in [2.05, 4.69) is 18.2 Å². The van der Waals surface area contributed by atoms with Gasteiger partial charge in [0.15, 0.2) is 5.78 Å². The average Bonchev–Trinajstić information content (AvgIpc) is 2.93. The fourth-order valence-electron chi connectivity index (χ4n) is 2.20. The number of halogens is 2. The highest BCUT2D eigenvalue weighted by Crippen LogP contribution is 2.31. The average molecular weight is 324 g/mol. The van der Waals surface area contributed by atoms with Crippen LogP contribution in [0.5, 0.6) is 0 Å². The summed E-state index contributed by atoms with van der Waals surface area (Å²) in [4.78, 5) is 12.3. The molecule has 0 aliphatic carbocycles. The zero-order chi connectivity index (χ0) is 14.3. The van der Waals surface area contributed by atoms with E-state index in [1.807, 2.05) is 23.8 Å². The van der Waals surface area contributed by atoms with Crippen LogP contribution in [-0.2, 0) is 6.54 Å². The van der Waals surface area contributed by atoms with Crippen molar-refractivity contribution in [3.05, 3.63) is 56.3 Å². The molecule has 0 atom stereocenters. The molecule has 102 valence electrons. The number of ketones is 1. The highest BCUT2D eigenvalue weighted by molar-refractivity contribution is 7.20. The molecule has 3 rings (SSSR count). The fourth-order valence-corrected chi connectivity index (χ4v) is 3.70. The first-order valence-electron chi connectivity index (χ1n) is 6.08. The lowest BCUT2D eigenvalue weighted by Gasteiger charge is -2.05. The van der Waals surface area contributed by atoms with Crippen molar-refractivity contribution in [3.8, 4) is 0 Å². The minimum absolute atomic E-state index is 0.0304. The standard InChI is InChI=1S/C15H11Cl2NOS/c1-9-2-3-10-4-5-18(12(10)6-9)8-13(19)11-7-14(16)20-15(11)17/h2-7H,8H2,1H3. The molecule has 20 heavy (non-hydrogen) atoms. The third-order valence-electron chi connectivity index (χ3n) is 3.20. The van der Waals surface area contributed by atoms with E-state index in [-0.39, 0.29) is 12.3 Å². The minimum Gasteiger partial charge on any atom is -0.340 e. The summed E-state index contributed by atoms with van der Waals surface area (Å²) in [5, 5.41) is 1.12. The van der Waals surface area contributed by atoms with E-state index in [9.17, 15) is 4.79 Å². The number of rotatable bonds is 3. The molecule has 0 radical (unpaired) electrons. The van der Waals surface area contributed by atoms with Crippen molar-refractivity contribution in [2.24, 2.45) is 0 Å². The SMILES string of the molecule is Cc1ccc2ccn(CC(=O)c3cc(Cl)sc3Cl)c2c1. The van der Waals surface area contributed by atoms with Gasteiger partial charge in [0.05, 0.1) is 16.4 Å². The van der Waals surface area contributed by atoms with Crippen molar-refractivity contribution in [3.63, 3.8) is 0 Å². The maximum Gasteiger partial charge on any atom is 0.184 e. The summed E-state index contributed by atoms with van der Waals surface area (Å²) in [6.07, 6.45) is 1.92. The molecule has 0 fully saturated rings. The largest absolute Gasteiger partial charge is 0.340 e. The van der Waals surface area contributed by atoms with Crippen molar-refractivity contribution >= 4 is 51.2 Å². The highest BCUT2D eigenvalue weighted by Gasteiger charge is 2.15. The van der Waals surface area contributed by atoms with Gasteiger partial charge >= 0.3 is 0 Å². The minimum atomic E-state index is -0.0304. The van der Waals surface area contributed by atoms with Gasteiger partial charge in [-0.1, -0.05) is 35.3 Å². The van der Waals surface area contributed by atoms with Crippen LogP contribution >= 0.6 is 34.5 Å². The van der Waals surface area contributed by atoms with Gasteiger partial charge in [-0.15, -0.1) is 11.3 Å². The second kappa shape index (κ2) is 5.24. The van der Waals surface area contributed by atoms with Crippen LogP contribution in [0.2, 0.25) is 8.67 Å². The molecule has 0 saturated carbocycles. The first kappa shape index (κ1) is 13.7. The van der Waals surface area contributed by atoms with E-state index >= 15 is 0 Å². The summed E-state index contributed by atoms with van der Waals surface area (Å²) in [6.45, 7) is 2.30. The molecule has 2 nitrogen and oxygen atoms in total. The third-order valence-corrected chi connectivity index (χ3v) is 4.69. The number of aromatic nitrogens is 1. The number of nitrogens with zero attached hydrogens (tertiary/aromatic N) is 1. The Kier molecular flexibility index (Phi) is 3.59. The van der Waals surface area contributed by atoms with Crippen LogP contribution in [0.4, 0.5) is 0 Å². The number of aryl methyl sites for hydroxylation is 1. The predicted molar refractivity (Wildman–Crippen MR) is 85.3 cm³/mol. The summed E-state index contributed by atoms with van der Waals surface area (Å²) in [5.41, 5.74) is 2.72. The molecule has 5 heteroatoms. The number of thiophene rings is 1. The molecule has 0 unspecified atom stereocenters. The van der Waals surface area contributed by atoms with Gasteiger partial charge in [0.2, 0.25) is 0 Å². The van der Waals surface area contributed by atoms with Crippen molar-refractivity contribution < 1.29 is 4.79 Å². The molecule has 1 aromatic carbocycles. The summed E-state index contributed by atoms with van der Waals surface area (Å²) < 4.78 is 2.92. The quantitative estimate of drug-likeness (QED) is 0.607. The molecule has 0 amide bonds. The lowest BCUT2D eigenvalue weighted by atomic mass is 10.2. The van der Waals surface area contributed by atoms with Crippen molar-refractivity contribution in [1.82, 2.24) is 4.57 Å². The van der Waals surface area contributed by atoms with Crippen LogP contribution in [0.3, 0.4) is 0 Å². The number of carbonyl (C=O) groups is 1. The second-order valence-corrected chi connectivity index (χ2v) is 6.95. The monoisotopic (exact) mass is 323 g/mol. The maximum atomic E-state index is 12.3. The Bertz CT molecular complexity index is 803. The van der Waals surface area contributed by atoms with Crippen molar-refractivity contribution in [2.45, 2.75) is 13.5 Å². The van der Waals surface area contributed by atoms with E-state index in [1.165, 1.54) is 16.9 Å². The van der Waals surface area contributed by atoms with E-state index in [0.717, 1.165) is 10.9 Å². The van der Waals surface area contributed by atoms with Gasteiger partial charge in [0, 0.05) is 11.7 Å². The topological polar surface area (TPSA) is 22.0 Å². The van der Waals surface area contributed by atoms with Crippen molar-refractivity contribution in [2.75, 3.05) is 0 Å². The predicted octanol–water partition coefficient (Wildman–Crippen LogP) is 5.20. The van der Waals surface area contributed by atoms with Crippen LogP contribution in [0, 0.1) is 6.92 Å². The Morgan fingerprint density at radius 1 is 1.25 bits per heavy atom. The smallest absolute Gasteiger partial charge is 0.184 e. The molecular weight excluding hydrogens is 313 g/mol. The van der Waals surface area contributed by atoms with Gasteiger partial charge in [-0.05, 0) is 36.1 Å². The molecule has 2 heterocycles. The van der Waals surface area contributed by atoms with Gasteiger partial charge in [0.1, 0.15) is 4.34 Å². The summed E-state index contributed by atoms with van der Waals surface area (Å²) in [6, 6.07) is 9.83. The molecule has 0 bridgehead atoms. The Labute approximate surface area is 130 Å². The van der Waals surface area contributed by atoms with Gasteiger partial charge in [-0.25, -0.2) is 0 Å². The number of carbonyl (C=O) groups excluding carboxylic acids is 1. The summed E-state index contributed by atoms with van der Waals surface area (Å²) in [5.74, 6) is -0.0304. The van der Waals surface area contributed by atoms with Crippen LogP contribution in [0.15, 0.2) is 36.5 Å². The molecule has 0 aliphatic heterocycles. The lowest BCUT2D eigenvalue weighted by molar-refractivity contribution is 0.0974. The van der Waals surface area contributed by atoms with Gasteiger partial charge in [-0.2, -0.15) is 0 Å².